The molecule has 2 heterocycles. The second-order valence-corrected chi connectivity index (χ2v) is 12.6. The zero-order chi connectivity index (χ0) is 32.3. The summed E-state index contributed by atoms with van der Waals surface area (Å²) in [4.78, 5) is 0. The summed E-state index contributed by atoms with van der Waals surface area (Å²) in [5, 5.41) is 10.9. The fourth-order valence-electron chi connectivity index (χ4n) is 7.45. The Labute approximate surface area is 283 Å². The maximum absolute atomic E-state index is 6.27. The van der Waals surface area contributed by atoms with Gasteiger partial charge < -0.3 is 14.3 Å². The van der Waals surface area contributed by atoms with Gasteiger partial charge in [0.15, 0.2) is 0 Å². The van der Waals surface area contributed by atoms with E-state index in [0.29, 0.717) is 0 Å². The molecule has 8 aromatic carbocycles. The van der Waals surface area contributed by atoms with Gasteiger partial charge in [0.2, 0.25) is 0 Å². The minimum atomic E-state index is 0.889. The Bertz CT molecular complexity index is 2770. The van der Waals surface area contributed by atoms with Crippen molar-refractivity contribution in [3.8, 4) is 27.9 Å². The highest BCUT2D eigenvalue weighted by atomic mass is 16.3. The molecule has 0 bridgehead atoms. The quantitative estimate of drug-likeness (QED) is 0.206. The number of nitrogens with zero attached hydrogens (tertiary/aromatic N) is 1. The van der Waals surface area contributed by atoms with Crippen molar-refractivity contribution in [2.75, 3.05) is 5.32 Å². The van der Waals surface area contributed by atoms with E-state index in [-0.39, 0.29) is 0 Å². The van der Waals surface area contributed by atoms with Gasteiger partial charge >= 0.3 is 0 Å². The number of rotatable bonds is 5. The Morgan fingerprint density at radius 3 is 1.47 bits per heavy atom. The molecule has 10 rings (SSSR count). The van der Waals surface area contributed by atoms with Gasteiger partial charge in [-0.15, -0.1) is 0 Å². The minimum Gasteiger partial charge on any atom is -0.456 e. The summed E-state index contributed by atoms with van der Waals surface area (Å²) >= 11 is 0. The molecular formula is C46H30N2O. The first-order valence-electron chi connectivity index (χ1n) is 16.7. The molecule has 0 amide bonds. The Morgan fingerprint density at radius 2 is 0.857 bits per heavy atom. The highest BCUT2D eigenvalue weighted by Gasteiger charge is 2.14. The summed E-state index contributed by atoms with van der Waals surface area (Å²) in [6, 6.07) is 62.6. The number of fused-ring (bicyclic) bond motifs is 8. The molecule has 0 aliphatic heterocycles. The van der Waals surface area contributed by atoms with Crippen LogP contribution in [0.25, 0.3) is 82.5 Å². The molecule has 0 radical (unpaired) electrons. The lowest BCUT2D eigenvalue weighted by Crippen LogP contribution is -1.93. The van der Waals surface area contributed by atoms with Gasteiger partial charge in [-0.2, -0.15) is 0 Å². The molecular weight excluding hydrogens is 597 g/mol. The van der Waals surface area contributed by atoms with Crippen molar-refractivity contribution in [3.05, 3.63) is 176 Å². The van der Waals surface area contributed by atoms with Crippen LogP contribution in [0.2, 0.25) is 0 Å². The first kappa shape index (κ1) is 27.5. The summed E-state index contributed by atoms with van der Waals surface area (Å²) in [6.07, 6.45) is 0. The van der Waals surface area contributed by atoms with Crippen LogP contribution in [0.3, 0.4) is 0 Å². The number of benzene rings is 8. The highest BCUT2D eigenvalue weighted by molar-refractivity contribution is 6.22. The average Bonchev–Trinajstić information content (AvgIpc) is 3.71. The van der Waals surface area contributed by atoms with Crippen LogP contribution in [0.4, 0.5) is 11.4 Å². The minimum absolute atomic E-state index is 0.889. The molecule has 10 aromatic rings. The predicted molar refractivity (Wildman–Crippen MR) is 206 cm³/mol. The standard InChI is InChI=1S/C46H30N2O/c1-2-12-39-36(9-1)41(29-45-46(39)40-13-5-8-16-44(40)49-45)47-34-25-21-32(22-26-34)30-17-19-31(20-18-30)33-23-27-35(28-24-33)48-42-14-6-3-10-37(42)38-11-4-7-15-43(38)48/h1-29,47H. The molecule has 3 nitrogen and oxygen atoms in total. The second-order valence-electron chi connectivity index (χ2n) is 12.6. The third kappa shape index (κ3) is 4.51. The van der Waals surface area contributed by atoms with Gasteiger partial charge in [-0.25, -0.2) is 0 Å². The SMILES string of the molecule is c1ccc2c(c1)oc1cc(Nc3ccc(-c4ccc(-c5ccc(-n6c7ccccc7c7ccccc76)cc5)cc4)cc3)c3ccccc3c12. The van der Waals surface area contributed by atoms with Crippen molar-refractivity contribution in [2.24, 2.45) is 0 Å². The van der Waals surface area contributed by atoms with Gasteiger partial charge in [0, 0.05) is 44.4 Å². The molecule has 49 heavy (non-hydrogen) atoms. The Kier molecular flexibility index (Phi) is 6.18. The average molecular weight is 627 g/mol. The number of hydrogen-bond acceptors (Lipinski definition) is 2. The van der Waals surface area contributed by atoms with Gasteiger partial charge in [-0.3, -0.25) is 0 Å². The number of hydrogen-bond donors (Lipinski definition) is 1. The number of para-hydroxylation sites is 3. The number of anilines is 2. The lowest BCUT2D eigenvalue weighted by atomic mass is 9.99. The van der Waals surface area contributed by atoms with Crippen LogP contribution in [0.15, 0.2) is 180 Å². The number of nitrogens with one attached hydrogen (secondary N) is 1. The van der Waals surface area contributed by atoms with Crippen LogP contribution < -0.4 is 5.32 Å². The molecule has 0 aliphatic rings. The van der Waals surface area contributed by atoms with Gasteiger partial charge in [0.25, 0.3) is 0 Å². The van der Waals surface area contributed by atoms with Gasteiger partial charge in [0.1, 0.15) is 11.2 Å². The second kappa shape index (κ2) is 11.0. The van der Waals surface area contributed by atoms with Crippen LogP contribution in [0.5, 0.6) is 0 Å². The van der Waals surface area contributed by atoms with E-state index < -0.39 is 0 Å². The molecule has 230 valence electrons. The summed E-state index contributed by atoms with van der Waals surface area (Å²) in [5.74, 6) is 0. The molecule has 0 fully saturated rings. The zero-order valence-corrected chi connectivity index (χ0v) is 26.6. The molecule has 0 saturated carbocycles. The van der Waals surface area contributed by atoms with Gasteiger partial charge in [-0.05, 0) is 70.1 Å². The van der Waals surface area contributed by atoms with E-state index in [1.165, 1.54) is 54.8 Å². The largest absolute Gasteiger partial charge is 0.456 e. The molecule has 0 saturated heterocycles. The van der Waals surface area contributed by atoms with E-state index in [1.54, 1.807) is 0 Å². The number of aromatic nitrogens is 1. The summed E-state index contributed by atoms with van der Waals surface area (Å²) in [6.45, 7) is 0. The lowest BCUT2D eigenvalue weighted by molar-refractivity contribution is 0.669. The van der Waals surface area contributed by atoms with Gasteiger partial charge in [-0.1, -0.05) is 127 Å². The molecule has 0 atom stereocenters. The molecule has 3 heteroatoms. The fraction of sp³-hybridized carbons (Fsp3) is 0. The van der Waals surface area contributed by atoms with Crippen molar-refractivity contribution >= 4 is 65.9 Å². The van der Waals surface area contributed by atoms with Crippen molar-refractivity contribution in [3.63, 3.8) is 0 Å². The topological polar surface area (TPSA) is 30.1 Å². The molecule has 2 aromatic heterocycles. The Balaban J connectivity index is 0.914. The molecule has 0 unspecified atom stereocenters. The number of furan rings is 1. The first-order valence-corrected chi connectivity index (χ1v) is 16.7. The Hall–Kier alpha value is -6.58. The normalized spacial score (nSPS) is 11.7. The maximum atomic E-state index is 6.27. The first-order chi connectivity index (χ1) is 24.3. The molecule has 1 N–H and O–H groups in total. The highest BCUT2D eigenvalue weighted by Crippen LogP contribution is 2.39. The van der Waals surface area contributed by atoms with E-state index in [4.69, 9.17) is 4.42 Å². The smallest absolute Gasteiger partial charge is 0.138 e. The van der Waals surface area contributed by atoms with E-state index >= 15 is 0 Å². The van der Waals surface area contributed by atoms with E-state index in [1.807, 2.05) is 12.1 Å². The van der Waals surface area contributed by atoms with Crippen LogP contribution in [-0.2, 0) is 0 Å². The summed E-state index contributed by atoms with van der Waals surface area (Å²) in [7, 11) is 0. The predicted octanol–water partition coefficient (Wildman–Crippen LogP) is 12.9. The summed E-state index contributed by atoms with van der Waals surface area (Å²) < 4.78 is 8.63. The van der Waals surface area contributed by atoms with Crippen molar-refractivity contribution in [1.82, 2.24) is 4.57 Å². The molecule has 0 aliphatic carbocycles. The van der Waals surface area contributed by atoms with Crippen LogP contribution >= 0.6 is 0 Å². The van der Waals surface area contributed by atoms with Crippen molar-refractivity contribution < 1.29 is 4.42 Å². The van der Waals surface area contributed by atoms with Crippen LogP contribution in [0, 0.1) is 0 Å². The van der Waals surface area contributed by atoms with Gasteiger partial charge in [0.05, 0.1) is 16.7 Å². The third-order valence-corrected chi connectivity index (χ3v) is 9.81. The van der Waals surface area contributed by atoms with Crippen molar-refractivity contribution in [2.45, 2.75) is 0 Å². The van der Waals surface area contributed by atoms with E-state index in [0.717, 1.165) is 39.0 Å². The fourth-order valence-corrected chi connectivity index (χ4v) is 7.45. The Morgan fingerprint density at radius 1 is 0.388 bits per heavy atom. The van der Waals surface area contributed by atoms with Crippen LogP contribution in [-0.4, -0.2) is 4.57 Å². The van der Waals surface area contributed by atoms with Crippen LogP contribution in [0.1, 0.15) is 0 Å². The third-order valence-electron chi connectivity index (χ3n) is 9.81. The lowest BCUT2D eigenvalue weighted by Gasteiger charge is -2.12. The zero-order valence-electron chi connectivity index (χ0n) is 26.6. The summed E-state index contributed by atoms with van der Waals surface area (Å²) in [5.41, 5.74) is 12.2. The monoisotopic (exact) mass is 626 g/mol. The van der Waals surface area contributed by atoms with E-state index in [2.05, 4.69) is 174 Å². The van der Waals surface area contributed by atoms with Crippen molar-refractivity contribution in [1.29, 1.82) is 0 Å². The maximum Gasteiger partial charge on any atom is 0.138 e. The van der Waals surface area contributed by atoms with E-state index in [9.17, 15) is 0 Å². The molecule has 0 spiro atoms.